The van der Waals surface area contributed by atoms with E-state index in [1.807, 2.05) is 13.8 Å². The number of nitrogens with zero attached hydrogens (tertiary/aromatic N) is 1. The van der Waals surface area contributed by atoms with Crippen LogP contribution in [0.25, 0.3) is 0 Å². The van der Waals surface area contributed by atoms with E-state index in [1.165, 1.54) is 0 Å². The van der Waals surface area contributed by atoms with Crippen molar-refractivity contribution in [1.29, 1.82) is 0 Å². The molecule has 0 unspecified atom stereocenters. The van der Waals surface area contributed by atoms with E-state index < -0.39 is 0 Å². The molecule has 1 amide bonds. The van der Waals surface area contributed by atoms with Crippen molar-refractivity contribution in [2.24, 2.45) is 5.92 Å². The Morgan fingerprint density at radius 1 is 1.32 bits per heavy atom. The number of carbonyl (C=O) groups excluding carboxylic acids is 1. The Morgan fingerprint density at radius 3 is 2.45 bits per heavy atom. The number of amides is 1. The van der Waals surface area contributed by atoms with Crippen molar-refractivity contribution in [2.45, 2.75) is 78.3 Å². The van der Waals surface area contributed by atoms with Gasteiger partial charge in [0.05, 0.1) is 5.69 Å². The average molecular weight is 307 g/mol. The third-order valence-corrected chi connectivity index (χ3v) is 4.34. The van der Waals surface area contributed by atoms with E-state index in [2.05, 4.69) is 43.5 Å². The van der Waals surface area contributed by atoms with Crippen LogP contribution in [0.3, 0.4) is 0 Å². The highest BCUT2D eigenvalue weighted by Gasteiger charge is 2.38. The van der Waals surface area contributed by atoms with E-state index in [-0.39, 0.29) is 17.0 Å². The molecule has 0 radical (unpaired) electrons. The Hall–Kier alpha value is -1.36. The largest absolute Gasteiger partial charge is 0.338 e. The molecule has 0 atom stereocenters. The summed E-state index contributed by atoms with van der Waals surface area (Å²) in [7, 11) is 0. The van der Waals surface area contributed by atoms with Gasteiger partial charge in [0.2, 0.25) is 11.8 Å². The van der Waals surface area contributed by atoms with Gasteiger partial charge in [0.1, 0.15) is 0 Å². The monoisotopic (exact) mass is 307 g/mol. The number of hydrogen-bond acceptors (Lipinski definition) is 4. The molecule has 1 aliphatic rings. The van der Waals surface area contributed by atoms with Gasteiger partial charge in [0, 0.05) is 23.1 Å². The molecule has 2 rings (SSSR count). The van der Waals surface area contributed by atoms with Crippen LogP contribution in [0.2, 0.25) is 0 Å². The number of carbonyl (C=O) groups is 1. The van der Waals surface area contributed by atoms with Crippen LogP contribution in [0.5, 0.6) is 0 Å². The Balaban J connectivity index is 1.99. The predicted molar refractivity (Wildman–Crippen MR) is 87.9 cm³/mol. The fraction of sp³-hybridized carbons (Fsp3) is 0.765. The van der Waals surface area contributed by atoms with Crippen LogP contribution in [-0.4, -0.2) is 22.1 Å². The third kappa shape index (κ3) is 4.09. The second-order valence-corrected chi connectivity index (χ2v) is 7.85. The van der Waals surface area contributed by atoms with Crippen LogP contribution >= 0.6 is 0 Å². The Bertz CT molecular complexity index is 530. The van der Waals surface area contributed by atoms with Crippen molar-refractivity contribution in [3.63, 3.8) is 0 Å². The molecule has 0 saturated carbocycles. The maximum Gasteiger partial charge on any atom is 0.234 e. The fourth-order valence-electron chi connectivity index (χ4n) is 4.02. The molecule has 2 N–H and O–H groups in total. The summed E-state index contributed by atoms with van der Waals surface area (Å²) in [6, 6.07) is 0. The van der Waals surface area contributed by atoms with E-state index in [1.54, 1.807) is 0 Å². The molecule has 0 bridgehead atoms. The van der Waals surface area contributed by atoms with Crippen molar-refractivity contribution in [3.05, 3.63) is 11.3 Å². The predicted octanol–water partition coefficient (Wildman–Crippen LogP) is 3.43. The lowest BCUT2D eigenvalue weighted by Gasteiger charge is -2.46. The van der Waals surface area contributed by atoms with Gasteiger partial charge in [-0.3, -0.25) is 10.1 Å². The Labute approximate surface area is 133 Å². The van der Waals surface area contributed by atoms with Gasteiger partial charge in [-0.25, -0.2) is 0 Å². The van der Waals surface area contributed by atoms with Crippen LogP contribution in [0.15, 0.2) is 4.52 Å². The van der Waals surface area contributed by atoms with Crippen molar-refractivity contribution < 1.29 is 9.32 Å². The summed E-state index contributed by atoms with van der Waals surface area (Å²) >= 11 is 0. The topological polar surface area (TPSA) is 67.2 Å². The number of hydrogen-bond donors (Lipinski definition) is 2. The molecule has 124 valence electrons. The zero-order valence-corrected chi connectivity index (χ0v) is 14.7. The van der Waals surface area contributed by atoms with Crippen LogP contribution in [-0.2, 0) is 11.2 Å². The highest BCUT2D eigenvalue weighted by Crippen LogP contribution is 2.34. The maximum absolute atomic E-state index is 12.4. The molecule has 1 aromatic heterocycles. The van der Waals surface area contributed by atoms with Gasteiger partial charge in [0.25, 0.3) is 0 Å². The summed E-state index contributed by atoms with van der Waals surface area (Å²) in [6.45, 7) is 12.7. The Kier molecular flexibility index (Phi) is 4.66. The van der Waals surface area contributed by atoms with Crippen molar-refractivity contribution >= 4 is 11.8 Å². The molecule has 2 heterocycles. The van der Waals surface area contributed by atoms with Gasteiger partial charge in [0.15, 0.2) is 0 Å². The van der Waals surface area contributed by atoms with E-state index in [4.69, 9.17) is 4.52 Å². The number of aryl methyl sites for hydroxylation is 1. The van der Waals surface area contributed by atoms with Crippen LogP contribution < -0.4 is 10.6 Å². The van der Waals surface area contributed by atoms with E-state index in [9.17, 15) is 4.79 Å². The first-order chi connectivity index (χ1) is 10.1. The lowest BCUT2D eigenvalue weighted by atomic mass is 9.74. The molecule has 1 aliphatic heterocycles. The minimum atomic E-state index is 0.0179. The lowest BCUT2D eigenvalue weighted by molar-refractivity contribution is -0.117. The zero-order chi connectivity index (χ0) is 16.5. The molecule has 0 spiro atoms. The van der Waals surface area contributed by atoms with Gasteiger partial charge in [-0.15, -0.1) is 0 Å². The molecule has 5 heteroatoms. The smallest absolute Gasteiger partial charge is 0.234 e. The van der Waals surface area contributed by atoms with Gasteiger partial charge in [-0.2, -0.15) is 0 Å². The highest BCUT2D eigenvalue weighted by atomic mass is 16.5. The van der Waals surface area contributed by atoms with Gasteiger partial charge in [-0.1, -0.05) is 12.1 Å². The summed E-state index contributed by atoms with van der Waals surface area (Å²) in [5.74, 6) is 0.905. The molecule has 5 nitrogen and oxygen atoms in total. The van der Waals surface area contributed by atoms with Crippen molar-refractivity contribution in [2.75, 3.05) is 5.32 Å². The normalized spacial score (nSPS) is 20.8. The van der Waals surface area contributed by atoms with Gasteiger partial charge >= 0.3 is 0 Å². The first-order valence-electron chi connectivity index (χ1n) is 8.16. The van der Waals surface area contributed by atoms with Crippen molar-refractivity contribution in [3.8, 4) is 0 Å². The fourth-order valence-corrected chi connectivity index (χ4v) is 4.02. The first kappa shape index (κ1) is 17.0. The Morgan fingerprint density at radius 2 is 1.91 bits per heavy atom. The molecular weight excluding hydrogens is 278 g/mol. The second kappa shape index (κ2) is 6.03. The summed E-state index contributed by atoms with van der Waals surface area (Å²) in [5.41, 5.74) is 1.95. The lowest BCUT2D eigenvalue weighted by Crippen LogP contribution is -2.58. The number of nitrogens with one attached hydrogen (secondary N) is 2. The minimum absolute atomic E-state index is 0.0179. The third-order valence-electron chi connectivity index (χ3n) is 4.34. The molecule has 1 aromatic rings. The minimum Gasteiger partial charge on any atom is -0.338 e. The number of rotatable bonds is 4. The number of piperidine rings is 1. The average Bonchev–Trinajstić information content (AvgIpc) is 2.65. The standard InChI is InChI=1S/C17H29N3O2/c1-7-13-11(2)19-22-15(13)18-14(21)8-12-9-16(3,4)20-17(5,6)10-12/h12,20H,7-10H2,1-6H3,(H,18,21). The molecule has 0 aliphatic carbocycles. The maximum atomic E-state index is 12.4. The molecule has 1 fully saturated rings. The summed E-state index contributed by atoms with van der Waals surface area (Å²) in [5, 5.41) is 10.5. The van der Waals surface area contributed by atoms with Crippen LogP contribution in [0, 0.1) is 12.8 Å². The summed E-state index contributed by atoms with van der Waals surface area (Å²) in [4.78, 5) is 12.4. The number of aromatic nitrogens is 1. The summed E-state index contributed by atoms with van der Waals surface area (Å²) < 4.78 is 5.23. The SMILES string of the molecule is CCc1c(C)noc1NC(=O)CC1CC(C)(C)NC(C)(C)C1. The number of anilines is 1. The van der Waals surface area contributed by atoms with Crippen LogP contribution in [0.1, 0.15) is 65.1 Å². The molecule has 0 aromatic carbocycles. The van der Waals surface area contributed by atoms with E-state index >= 15 is 0 Å². The molecule has 1 saturated heterocycles. The van der Waals surface area contributed by atoms with E-state index in [0.29, 0.717) is 18.2 Å². The zero-order valence-electron chi connectivity index (χ0n) is 14.7. The van der Waals surface area contributed by atoms with E-state index in [0.717, 1.165) is 30.5 Å². The second-order valence-electron chi connectivity index (χ2n) is 7.85. The van der Waals surface area contributed by atoms with Gasteiger partial charge in [-0.05, 0) is 59.8 Å². The van der Waals surface area contributed by atoms with Gasteiger partial charge < -0.3 is 9.84 Å². The quantitative estimate of drug-likeness (QED) is 0.894. The summed E-state index contributed by atoms with van der Waals surface area (Å²) in [6.07, 6.45) is 3.33. The van der Waals surface area contributed by atoms with Crippen LogP contribution in [0.4, 0.5) is 5.88 Å². The first-order valence-corrected chi connectivity index (χ1v) is 8.16. The highest BCUT2D eigenvalue weighted by molar-refractivity contribution is 5.90. The molecular formula is C17H29N3O2. The van der Waals surface area contributed by atoms with Crippen molar-refractivity contribution in [1.82, 2.24) is 10.5 Å². The molecule has 22 heavy (non-hydrogen) atoms.